The van der Waals surface area contributed by atoms with Crippen molar-refractivity contribution in [2.24, 2.45) is 0 Å². The van der Waals surface area contributed by atoms with E-state index >= 15 is 0 Å². The molecule has 1 atom stereocenters. The Morgan fingerprint density at radius 2 is 2.22 bits per heavy atom. The van der Waals surface area contributed by atoms with Crippen molar-refractivity contribution in [3.63, 3.8) is 0 Å². The monoisotopic (exact) mass is 305 g/mol. The molecule has 1 N–H and O–H groups in total. The van der Waals surface area contributed by atoms with Gasteiger partial charge in [-0.05, 0) is 35.7 Å². The van der Waals surface area contributed by atoms with Crippen LogP contribution in [0.2, 0.25) is 0 Å². The zero-order chi connectivity index (χ0) is 12.7. The number of anilines is 1. The third kappa shape index (κ3) is 1.86. The third-order valence-electron chi connectivity index (χ3n) is 3.18. The summed E-state index contributed by atoms with van der Waals surface area (Å²) in [7, 11) is 0. The van der Waals surface area contributed by atoms with Gasteiger partial charge >= 0.3 is 0 Å². The van der Waals surface area contributed by atoms with Crippen LogP contribution in [0.15, 0.2) is 34.9 Å². The minimum absolute atomic E-state index is 0.0218. The fourth-order valence-corrected chi connectivity index (χ4v) is 2.96. The van der Waals surface area contributed by atoms with Crippen LogP contribution in [0.1, 0.15) is 27.3 Å². The average molecular weight is 306 g/mol. The first-order valence-corrected chi connectivity index (χ1v) is 6.67. The second kappa shape index (κ2) is 4.28. The van der Waals surface area contributed by atoms with Gasteiger partial charge in [0.1, 0.15) is 5.76 Å². The maximum atomic E-state index is 11.3. The van der Waals surface area contributed by atoms with Crippen LogP contribution in [0.4, 0.5) is 5.69 Å². The van der Waals surface area contributed by atoms with E-state index in [1.165, 1.54) is 0 Å². The molecule has 1 aromatic carbocycles. The lowest BCUT2D eigenvalue weighted by atomic mass is 10.0. The summed E-state index contributed by atoms with van der Waals surface area (Å²) < 4.78 is 5.49. The zero-order valence-corrected chi connectivity index (χ0v) is 11.5. The Morgan fingerprint density at radius 1 is 1.39 bits per heavy atom. The van der Waals surface area contributed by atoms with E-state index < -0.39 is 0 Å². The molecule has 0 saturated heterocycles. The van der Waals surface area contributed by atoms with Gasteiger partial charge in [-0.3, -0.25) is 4.79 Å². The number of halogens is 1. The van der Waals surface area contributed by atoms with Crippen molar-refractivity contribution in [3.05, 3.63) is 53.0 Å². The van der Waals surface area contributed by atoms with Crippen molar-refractivity contribution in [2.45, 2.75) is 18.2 Å². The lowest BCUT2D eigenvalue weighted by Crippen LogP contribution is -2.03. The molecule has 4 heteroatoms. The van der Waals surface area contributed by atoms with Crippen LogP contribution in [0.3, 0.4) is 0 Å². The normalized spacial score (nSPS) is 15.3. The minimum Gasteiger partial charge on any atom is -0.468 e. The van der Waals surface area contributed by atoms with E-state index in [9.17, 15) is 4.79 Å². The van der Waals surface area contributed by atoms with Gasteiger partial charge in [0.2, 0.25) is 5.91 Å². The number of hydrogen-bond donors (Lipinski definition) is 1. The first-order valence-electron chi connectivity index (χ1n) is 5.76. The van der Waals surface area contributed by atoms with Gasteiger partial charge in [0, 0.05) is 5.69 Å². The Balaban J connectivity index is 1.97. The molecule has 1 amide bonds. The molecule has 0 radical (unpaired) electrons. The molecule has 1 aliphatic rings. The van der Waals surface area contributed by atoms with Gasteiger partial charge in [0.15, 0.2) is 0 Å². The van der Waals surface area contributed by atoms with E-state index in [1.807, 2.05) is 25.1 Å². The Hall–Kier alpha value is -1.55. The molecule has 2 heterocycles. The predicted octanol–water partition coefficient (Wildman–Crippen LogP) is 3.57. The summed E-state index contributed by atoms with van der Waals surface area (Å²) >= 11 is 3.65. The molecule has 18 heavy (non-hydrogen) atoms. The van der Waals surface area contributed by atoms with Crippen LogP contribution in [0.25, 0.3) is 0 Å². The molecule has 0 spiro atoms. The highest BCUT2D eigenvalue weighted by molar-refractivity contribution is 9.09. The Kier molecular flexibility index (Phi) is 2.74. The molecule has 0 saturated carbocycles. The smallest absolute Gasteiger partial charge is 0.228 e. The van der Waals surface area contributed by atoms with Crippen molar-refractivity contribution in [3.8, 4) is 0 Å². The number of benzene rings is 1. The number of fused-ring (bicyclic) bond motifs is 1. The second-order valence-electron chi connectivity index (χ2n) is 4.47. The van der Waals surface area contributed by atoms with E-state index in [2.05, 4.69) is 27.3 Å². The molecule has 0 bridgehead atoms. The molecule has 2 aromatic rings. The van der Waals surface area contributed by atoms with Crippen LogP contribution in [-0.2, 0) is 11.2 Å². The first-order chi connectivity index (χ1) is 8.65. The Bertz CT molecular complexity index is 618. The summed E-state index contributed by atoms with van der Waals surface area (Å²) in [5, 5.41) is 2.83. The molecular weight excluding hydrogens is 294 g/mol. The number of carbonyl (C=O) groups is 1. The first kappa shape index (κ1) is 11.5. The molecule has 1 aliphatic heterocycles. The highest BCUT2D eigenvalue weighted by Crippen LogP contribution is 2.36. The maximum Gasteiger partial charge on any atom is 0.228 e. The number of nitrogens with one attached hydrogen (secondary N) is 1. The number of rotatable bonds is 2. The molecular formula is C14H12BrNO2. The molecule has 1 unspecified atom stereocenters. The van der Waals surface area contributed by atoms with Crippen molar-refractivity contribution in [1.29, 1.82) is 0 Å². The standard InChI is InChI=1S/C14H12BrNO2/c1-8-4-5-18-14(8)13(15)9-2-3-11-10(6-9)7-12(17)16-11/h2-6,13H,7H2,1H3,(H,16,17). The van der Waals surface area contributed by atoms with Gasteiger partial charge in [-0.2, -0.15) is 0 Å². The molecule has 3 nitrogen and oxygen atoms in total. The summed E-state index contributed by atoms with van der Waals surface area (Å²) in [6.45, 7) is 2.02. The predicted molar refractivity (Wildman–Crippen MR) is 73.0 cm³/mol. The SMILES string of the molecule is Cc1ccoc1C(Br)c1ccc2c(c1)CC(=O)N2. The van der Waals surface area contributed by atoms with E-state index in [4.69, 9.17) is 4.42 Å². The lowest BCUT2D eigenvalue weighted by molar-refractivity contribution is -0.115. The molecule has 92 valence electrons. The fraction of sp³-hybridized carbons (Fsp3) is 0.214. The number of furan rings is 1. The molecule has 0 fully saturated rings. The Morgan fingerprint density at radius 3 is 2.94 bits per heavy atom. The summed E-state index contributed by atoms with van der Waals surface area (Å²) in [5.74, 6) is 0.967. The summed E-state index contributed by atoms with van der Waals surface area (Å²) in [6, 6.07) is 7.95. The largest absolute Gasteiger partial charge is 0.468 e. The molecule has 3 rings (SSSR count). The average Bonchev–Trinajstić information content (AvgIpc) is 2.91. The number of carbonyl (C=O) groups excluding carboxylic acids is 1. The number of hydrogen-bond acceptors (Lipinski definition) is 2. The van der Waals surface area contributed by atoms with Crippen molar-refractivity contribution < 1.29 is 9.21 Å². The summed E-state index contributed by atoms with van der Waals surface area (Å²) in [5.41, 5.74) is 4.18. The van der Waals surface area contributed by atoms with Gasteiger partial charge in [-0.15, -0.1) is 0 Å². The van der Waals surface area contributed by atoms with Gasteiger partial charge in [-0.25, -0.2) is 0 Å². The number of aryl methyl sites for hydroxylation is 1. The number of amides is 1. The van der Waals surface area contributed by atoms with Crippen LogP contribution in [0, 0.1) is 6.92 Å². The maximum absolute atomic E-state index is 11.3. The van der Waals surface area contributed by atoms with Gasteiger partial charge in [0.25, 0.3) is 0 Å². The molecule has 1 aromatic heterocycles. The Labute approximate surface area is 113 Å². The van der Waals surface area contributed by atoms with E-state index in [0.717, 1.165) is 28.1 Å². The van der Waals surface area contributed by atoms with Gasteiger partial charge in [0.05, 0.1) is 17.5 Å². The van der Waals surface area contributed by atoms with Crippen molar-refractivity contribution in [1.82, 2.24) is 0 Å². The van der Waals surface area contributed by atoms with Gasteiger partial charge < -0.3 is 9.73 Å². The quantitative estimate of drug-likeness (QED) is 0.862. The fourth-order valence-electron chi connectivity index (χ4n) is 2.20. The van der Waals surface area contributed by atoms with Crippen molar-refractivity contribution >= 4 is 27.5 Å². The highest BCUT2D eigenvalue weighted by Gasteiger charge is 2.21. The zero-order valence-electron chi connectivity index (χ0n) is 9.87. The number of alkyl halides is 1. The van der Waals surface area contributed by atoms with E-state index in [1.54, 1.807) is 6.26 Å². The van der Waals surface area contributed by atoms with E-state index in [-0.39, 0.29) is 10.7 Å². The van der Waals surface area contributed by atoms with Gasteiger partial charge in [-0.1, -0.05) is 28.1 Å². The van der Waals surface area contributed by atoms with Crippen LogP contribution < -0.4 is 5.32 Å². The molecule has 0 aliphatic carbocycles. The van der Waals surface area contributed by atoms with Crippen LogP contribution in [-0.4, -0.2) is 5.91 Å². The summed E-state index contributed by atoms with van der Waals surface area (Å²) in [6.07, 6.45) is 2.15. The highest BCUT2D eigenvalue weighted by atomic mass is 79.9. The van der Waals surface area contributed by atoms with Crippen LogP contribution in [0.5, 0.6) is 0 Å². The summed E-state index contributed by atoms with van der Waals surface area (Å²) in [4.78, 5) is 11.3. The topological polar surface area (TPSA) is 42.2 Å². The van der Waals surface area contributed by atoms with Crippen molar-refractivity contribution in [2.75, 3.05) is 5.32 Å². The lowest BCUT2D eigenvalue weighted by Gasteiger charge is -2.10. The van der Waals surface area contributed by atoms with Crippen LogP contribution >= 0.6 is 15.9 Å². The minimum atomic E-state index is 0.0218. The second-order valence-corrected chi connectivity index (χ2v) is 5.39. The third-order valence-corrected chi connectivity index (χ3v) is 4.12. The van der Waals surface area contributed by atoms with E-state index in [0.29, 0.717) is 6.42 Å².